The zero-order valence-corrected chi connectivity index (χ0v) is 8.60. The maximum absolute atomic E-state index is 10.9. The topological polar surface area (TPSA) is 105 Å². The van der Waals surface area contributed by atoms with Crippen LogP contribution in [0.1, 0.15) is 19.7 Å². The molecule has 6 heteroatoms. The van der Waals surface area contributed by atoms with Crippen LogP contribution < -0.4 is 11.5 Å². The fraction of sp³-hybridized carbons (Fsp3) is 0.273. The molecule has 0 saturated heterocycles. The van der Waals surface area contributed by atoms with E-state index in [4.69, 9.17) is 19.7 Å². The number of carbonyl (C=O) groups is 2. The van der Waals surface area contributed by atoms with Crippen molar-refractivity contribution in [2.75, 3.05) is 13.1 Å². The molecule has 2 amide bonds. The van der Waals surface area contributed by atoms with Gasteiger partial charge in [0.05, 0.1) is 14.1 Å². The Balaban J connectivity index is 3.47. The number of ether oxygens (including phenoxy) is 2. The molecule has 6 nitrogen and oxygen atoms in total. The quantitative estimate of drug-likeness (QED) is 0.804. The molecule has 0 fully saturated rings. The third-order valence-electron chi connectivity index (χ3n) is 1.55. The molecule has 0 atom stereocenters. The van der Waals surface area contributed by atoms with E-state index in [-0.39, 0.29) is 17.6 Å². The lowest BCUT2D eigenvalue weighted by Gasteiger charge is -2.16. The Kier molecular flexibility index (Phi) is 2.43. The number of carbonyl (C=O) groups excluding carboxylic acids is 2. The zero-order valence-electron chi connectivity index (χ0n) is 14.6. The van der Waals surface area contributed by atoms with Crippen LogP contribution in [-0.2, 0) is 9.47 Å². The lowest BCUT2D eigenvalue weighted by Crippen LogP contribution is -2.23. The second-order valence-electron chi connectivity index (χ2n) is 2.78. The summed E-state index contributed by atoms with van der Waals surface area (Å²) in [5, 5.41) is 0. The molecule has 1 aromatic rings. The zero-order chi connectivity index (χ0) is 18.0. The van der Waals surface area contributed by atoms with Crippen LogP contribution in [0.15, 0.2) is 30.3 Å². The third-order valence-corrected chi connectivity index (χ3v) is 1.55. The van der Waals surface area contributed by atoms with Gasteiger partial charge in [0.2, 0.25) is 0 Å². The maximum Gasteiger partial charge on any atom is 0.404 e. The highest BCUT2D eigenvalue weighted by atomic mass is 16.6. The van der Waals surface area contributed by atoms with E-state index in [1.165, 1.54) is 0 Å². The van der Waals surface area contributed by atoms with Gasteiger partial charge in [0, 0.05) is 0 Å². The van der Waals surface area contributed by atoms with Crippen molar-refractivity contribution in [2.24, 2.45) is 11.5 Å². The minimum Gasteiger partial charge on any atom is -0.449 e. The Morgan fingerprint density at radius 2 is 1.71 bits per heavy atom. The lowest BCUT2D eigenvalue weighted by atomic mass is 10.0. The summed E-state index contributed by atoms with van der Waals surface area (Å²) < 4.78 is 54.6. The number of benzene rings is 1. The second-order valence-corrected chi connectivity index (χ2v) is 2.78. The van der Waals surface area contributed by atoms with Gasteiger partial charge in [0.1, 0.15) is 13.1 Å². The van der Waals surface area contributed by atoms with Crippen LogP contribution >= 0.6 is 0 Å². The molecule has 1 aromatic carbocycles. The van der Waals surface area contributed by atoms with E-state index in [2.05, 4.69) is 9.47 Å². The molecule has 0 unspecified atom stereocenters. The number of amides is 2. The Morgan fingerprint density at radius 3 is 2.12 bits per heavy atom. The number of nitrogens with two attached hydrogens (primary N) is 2. The average Bonchev–Trinajstić information content (AvgIpc) is 2.21. The van der Waals surface area contributed by atoms with E-state index in [1.807, 2.05) is 0 Å². The van der Waals surface area contributed by atoms with Crippen molar-refractivity contribution in [3.05, 3.63) is 35.8 Å². The molecule has 0 radical (unpaired) electrons. The first-order valence-corrected chi connectivity index (χ1v) is 4.40. The van der Waals surface area contributed by atoms with Gasteiger partial charge >= 0.3 is 12.2 Å². The summed E-state index contributed by atoms with van der Waals surface area (Å²) in [6.45, 7) is -6.10. The molecule has 0 spiro atoms. The number of hydrogen-bond donors (Lipinski definition) is 2. The molecule has 0 aliphatic rings. The number of primary amides is 2. The molecular weight excluding hydrogens is 224 g/mol. The first kappa shape index (κ1) is 6.48. The van der Waals surface area contributed by atoms with E-state index in [0.717, 1.165) is 18.2 Å². The summed E-state index contributed by atoms with van der Waals surface area (Å²) in [7, 11) is 0. The van der Waals surface area contributed by atoms with Gasteiger partial charge in [0.15, 0.2) is 0 Å². The Labute approximate surface area is 107 Å². The third kappa shape index (κ3) is 4.87. The molecule has 4 N–H and O–H groups in total. The summed E-state index contributed by atoms with van der Waals surface area (Å²) in [6.07, 6.45) is -3.05. The van der Waals surface area contributed by atoms with Crippen molar-refractivity contribution >= 4 is 12.2 Å². The van der Waals surface area contributed by atoms with Gasteiger partial charge in [-0.25, -0.2) is 9.59 Å². The molecule has 0 aliphatic carbocycles. The second kappa shape index (κ2) is 6.37. The van der Waals surface area contributed by atoms with Crippen LogP contribution in [0.3, 0.4) is 0 Å². The van der Waals surface area contributed by atoms with E-state index in [0.29, 0.717) is 0 Å². The van der Waals surface area contributed by atoms with Crippen LogP contribution in [0.4, 0.5) is 9.59 Å². The van der Waals surface area contributed by atoms with Crippen LogP contribution in [0.5, 0.6) is 0 Å². The van der Waals surface area contributed by atoms with Gasteiger partial charge in [0.25, 0.3) is 0 Å². The van der Waals surface area contributed by atoms with Crippen LogP contribution in [0.25, 0.3) is 0 Å². The largest absolute Gasteiger partial charge is 0.449 e. The predicted octanol–water partition coefficient (Wildman–Crippen LogP) is 0.961. The minimum atomic E-state index is -3.05. The van der Waals surface area contributed by atoms with Gasteiger partial charge in [-0.2, -0.15) is 0 Å². The first-order chi connectivity index (χ1) is 10.3. The highest BCUT2D eigenvalue weighted by molar-refractivity contribution is 5.65. The Morgan fingerprint density at radius 1 is 1.24 bits per heavy atom. The molecule has 1 rings (SSSR count). The highest BCUT2D eigenvalue weighted by Crippen LogP contribution is 2.16. The SMILES string of the molecule is [2H]c1cc([2H])cc(C(C([2H])([2H])OC(N)=O)C([2H])([2H])OC(N)=O)c1. The van der Waals surface area contributed by atoms with Gasteiger partial charge in [-0.3, -0.25) is 0 Å². The van der Waals surface area contributed by atoms with E-state index >= 15 is 0 Å². The Hall–Kier alpha value is -2.24. The molecule has 92 valence electrons. The molecule has 0 bridgehead atoms. The van der Waals surface area contributed by atoms with Gasteiger partial charge in [-0.15, -0.1) is 0 Å². The molecule has 0 aromatic heterocycles. The standard InChI is InChI=1S/C11H14N2O4/c12-10(14)16-6-9(7-17-11(13)15)8-4-2-1-3-5-8/h1-5,9H,6-7H2,(H2,12,14)(H2,13,15)/i2D,3D,6D2,7D2. The lowest BCUT2D eigenvalue weighted by molar-refractivity contribution is 0.116. The average molecular weight is 244 g/mol. The molecule has 0 saturated carbocycles. The molecule has 17 heavy (non-hydrogen) atoms. The highest BCUT2D eigenvalue weighted by Gasteiger charge is 2.15. The van der Waals surface area contributed by atoms with E-state index in [1.54, 1.807) is 0 Å². The minimum absolute atomic E-state index is 0.220. The fourth-order valence-corrected chi connectivity index (χ4v) is 0.926. The summed E-state index contributed by atoms with van der Waals surface area (Å²) >= 11 is 0. The number of rotatable bonds is 5. The van der Waals surface area contributed by atoms with Crippen LogP contribution in [0.2, 0.25) is 0 Å². The van der Waals surface area contributed by atoms with Crippen LogP contribution in [0, 0.1) is 0 Å². The van der Waals surface area contributed by atoms with Crippen molar-refractivity contribution < 1.29 is 27.3 Å². The monoisotopic (exact) mass is 244 g/mol. The van der Waals surface area contributed by atoms with Crippen molar-refractivity contribution in [1.82, 2.24) is 0 Å². The predicted molar refractivity (Wildman–Crippen MR) is 60.3 cm³/mol. The van der Waals surface area contributed by atoms with Crippen molar-refractivity contribution in [3.63, 3.8) is 0 Å². The van der Waals surface area contributed by atoms with E-state index in [9.17, 15) is 9.59 Å². The maximum atomic E-state index is 10.9. The smallest absolute Gasteiger partial charge is 0.404 e. The fourth-order valence-electron chi connectivity index (χ4n) is 0.926. The summed E-state index contributed by atoms with van der Waals surface area (Å²) in [5.74, 6) is -2.04. The molecule has 0 heterocycles. The van der Waals surface area contributed by atoms with E-state index < -0.39 is 31.2 Å². The molecule has 0 aliphatic heterocycles. The van der Waals surface area contributed by atoms with Crippen molar-refractivity contribution in [1.29, 1.82) is 0 Å². The van der Waals surface area contributed by atoms with Crippen molar-refractivity contribution in [3.8, 4) is 0 Å². The summed E-state index contributed by atoms with van der Waals surface area (Å²) in [6, 6.07) is 2.75. The Bertz CT molecular complexity index is 576. The first-order valence-electron chi connectivity index (χ1n) is 7.40. The number of hydrogen-bond acceptors (Lipinski definition) is 4. The van der Waals surface area contributed by atoms with Crippen molar-refractivity contribution in [2.45, 2.75) is 5.92 Å². The van der Waals surface area contributed by atoms with Crippen LogP contribution in [-0.4, -0.2) is 25.3 Å². The normalized spacial score (nSPS) is 16.8. The molecular formula is C11H14N2O4. The summed E-state index contributed by atoms with van der Waals surface area (Å²) in [4.78, 5) is 21.7. The van der Waals surface area contributed by atoms with Gasteiger partial charge in [-0.05, 0) is 5.56 Å². The summed E-state index contributed by atoms with van der Waals surface area (Å²) in [5.41, 5.74) is 9.29. The van der Waals surface area contributed by atoms with Gasteiger partial charge < -0.3 is 20.9 Å². The van der Waals surface area contributed by atoms with Gasteiger partial charge in [-0.1, -0.05) is 30.3 Å².